The molecule has 0 aliphatic carbocycles. The van der Waals surface area contributed by atoms with E-state index >= 15 is 0 Å². The highest BCUT2D eigenvalue weighted by Gasteiger charge is 2.22. The molecule has 0 saturated heterocycles. The molecule has 134 valence electrons. The number of carbonyl (C=O) groups excluding carboxylic acids is 2. The van der Waals surface area contributed by atoms with E-state index in [0.717, 1.165) is 11.3 Å². The molecule has 1 N–H and O–H groups in total. The fraction of sp³-hybridized carbons (Fsp3) is 0.389. The fourth-order valence-corrected chi connectivity index (χ4v) is 2.45. The molecule has 1 atom stereocenters. The maximum atomic E-state index is 12.6. The first-order chi connectivity index (χ1) is 12.0. The molecule has 0 spiro atoms. The smallest absolute Gasteiger partial charge is 0.308 e. The SMILES string of the molecule is CCOC(=O)C[C@@H](NC(=O)c1cnn(C)c1C)c1cccc(OC)c1. The zero-order valence-electron chi connectivity index (χ0n) is 14.9. The number of amides is 1. The lowest BCUT2D eigenvalue weighted by Gasteiger charge is -2.19. The summed E-state index contributed by atoms with van der Waals surface area (Å²) in [5, 5.41) is 6.97. The van der Waals surface area contributed by atoms with Gasteiger partial charge in [-0.1, -0.05) is 12.1 Å². The van der Waals surface area contributed by atoms with E-state index in [4.69, 9.17) is 9.47 Å². The van der Waals surface area contributed by atoms with Crippen LogP contribution in [0, 0.1) is 6.92 Å². The highest BCUT2D eigenvalue weighted by molar-refractivity contribution is 5.95. The van der Waals surface area contributed by atoms with Crippen LogP contribution >= 0.6 is 0 Å². The van der Waals surface area contributed by atoms with E-state index in [2.05, 4.69) is 10.4 Å². The van der Waals surface area contributed by atoms with Gasteiger partial charge >= 0.3 is 5.97 Å². The van der Waals surface area contributed by atoms with Gasteiger partial charge in [-0.05, 0) is 31.5 Å². The third-order valence-corrected chi connectivity index (χ3v) is 3.96. The number of methoxy groups -OCH3 is 1. The van der Waals surface area contributed by atoms with Crippen LogP contribution in [-0.4, -0.2) is 35.4 Å². The molecule has 1 heterocycles. The largest absolute Gasteiger partial charge is 0.497 e. The standard InChI is InChI=1S/C18H23N3O4/c1-5-25-17(22)10-16(13-7-6-8-14(9-13)24-4)20-18(23)15-11-19-21(3)12(15)2/h6-9,11,16H,5,10H2,1-4H3,(H,20,23)/t16-/m1/s1. The third-order valence-electron chi connectivity index (χ3n) is 3.96. The monoisotopic (exact) mass is 345 g/mol. The van der Waals surface area contributed by atoms with Gasteiger partial charge in [-0.2, -0.15) is 5.10 Å². The van der Waals surface area contributed by atoms with Gasteiger partial charge in [0, 0.05) is 12.7 Å². The summed E-state index contributed by atoms with van der Waals surface area (Å²) >= 11 is 0. The van der Waals surface area contributed by atoms with Crippen LogP contribution in [0.25, 0.3) is 0 Å². The van der Waals surface area contributed by atoms with Crippen molar-refractivity contribution in [2.24, 2.45) is 7.05 Å². The number of nitrogens with one attached hydrogen (secondary N) is 1. The zero-order valence-corrected chi connectivity index (χ0v) is 14.9. The van der Waals surface area contributed by atoms with E-state index in [1.165, 1.54) is 6.20 Å². The van der Waals surface area contributed by atoms with E-state index in [1.807, 2.05) is 19.1 Å². The number of hydrogen-bond acceptors (Lipinski definition) is 5. The molecule has 7 heteroatoms. The predicted octanol–water partition coefficient (Wildman–Crippen LogP) is 2.16. The lowest BCUT2D eigenvalue weighted by Crippen LogP contribution is -2.31. The van der Waals surface area contributed by atoms with Crippen LogP contribution in [-0.2, 0) is 16.6 Å². The quantitative estimate of drug-likeness (QED) is 0.778. The Bertz CT molecular complexity index is 755. The van der Waals surface area contributed by atoms with E-state index in [-0.39, 0.29) is 18.3 Å². The Kier molecular flexibility index (Phi) is 6.16. The van der Waals surface area contributed by atoms with Gasteiger partial charge in [0.15, 0.2) is 0 Å². The average Bonchev–Trinajstić information content (AvgIpc) is 2.94. The van der Waals surface area contributed by atoms with E-state index in [0.29, 0.717) is 17.9 Å². The molecular weight excluding hydrogens is 322 g/mol. The Labute approximate surface area is 146 Å². The first-order valence-electron chi connectivity index (χ1n) is 8.05. The van der Waals surface area contributed by atoms with Gasteiger partial charge in [-0.3, -0.25) is 14.3 Å². The van der Waals surface area contributed by atoms with Crippen LogP contribution in [0.15, 0.2) is 30.5 Å². The van der Waals surface area contributed by atoms with E-state index < -0.39 is 6.04 Å². The molecule has 0 aliphatic rings. The molecule has 0 unspecified atom stereocenters. The molecule has 0 aliphatic heterocycles. The van der Waals surface area contributed by atoms with Crippen LogP contribution in [0.5, 0.6) is 5.75 Å². The Morgan fingerprint density at radius 3 is 2.72 bits per heavy atom. The number of aryl methyl sites for hydroxylation is 1. The van der Waals surface area contributed by atoms with Crippen molar-refractivity contribution in [2.75, 3.05) is 13.7 Å². The van der Waals surface area contributed by atoms with Crippen molar-refractivity contribution in [3.63, 3.8) is 0 Å². The maximum Gasteiger partial charge on any atom is 0.308 e. The number of ether oxygens (including phenoxy) is 2. The number of rotatable bonds is 7. The number of benzene rings is 1. The van der Waals surface area contributed by atoms with Crippen molar-refractivity contribution in [3.8, 4) is 5.75 Å². The van der Waals surface area contributed by atoms with Crippen molar-refractivity contribution in [2.45, 2.75) is 26.3 Å². The molecule has 1 aromatic heterocycles. The van der Waals surface area contributed by atoms with Crippen LogP contribution in [0.1, 0.15) is 41.0 Å². The number of aromatic nitrogens is 2. The minimum atomic E-state index is -0.527. The van der Waals surface area contributed by atoms with Crippen molar-refractivity contribution in [1.82, 2.24) is 15.1 Å². The maximum absolute atomic E-state index is 12.6. The molecule has 1 amide bonds. The summed E-state index contributed by atoms with van der Waals surface area (Å²) in [5.74, 6) is -0.0144. The van der Waals surface area contributed by atoms with Crippen LogP contribution in [0.3, 0.4) is 0 Å². The van der Waals surface area contributed by atoms with Gasteiger partial charge in [0.1, 0.15) is 5.75 Å². The lowest BCUT2D eigenvalue weighted by molar-refractivity contribution is -0.143. The minimum Gasteiger partial charge on any atom is -0.497 e. The summed E-state index contributed by atoms with van der Waals surface area (Å²) in [5.41, 5.74) is 1.99. The van der Waals surface area contributed by atoms with Crippen molar-refractivity contribution < 1.29 is 19.1 Å². The van der Waals surface area contributed by atoms with Crippen molar-refractivity contribution in [3.05, 3.63) is 47.3 Å². The first-order valence-corrected chi connectivity index (χ1v) is 8.05. The topological polar surface area (TPSA) is 82.5 Å². The zero-order chi connectivity index (χ0) is 18.4. The summed E-state index contributed by atoms with van der Waals surface area (Å²) < 4.78 is 11.9. The van der Waals surface area contributed by atoms with Crippen molar-refractivity contribution in [1.29, 1.82) is 0 Å². The van der Waals surface area contributed by atoms with Gasteiger partial charge in [-0.25, -0.2) is 0 Å². The van der Waals surface area contributed by atoms with Gasteiger partial charge < -0.3 is 14.8 Å². The summed E-state index contributed by atoms with van der Waals surface area (Å²) in [4.78, 5) is 24.6. The molecule has 1 aromatic carbocycles. The number of nitrogens with zero attached hydrogens (tertiary/aromatic N) is 2. The Balaban J connectivity index is 2.25. The average molecular weight is 345 g/mol. The molecule has 25 heavy (non-hydrogen) atoms. The number of hydrogen-bond donors (Lipinski definition) is 1. The second kappa shape index (κ2) is 8.32. The van der Waals surface area contributed by atoms with Crippen LogP contribution in [0.4, 0.5) is 0 Å². The fourth-order valence-electron chi connectivity index (χ4n) is 2.45. The number of carbonyl (C=O) groups is 2. The van der Waals surface area contributed by atoms with Gasteiger partial charge in [0.05, 0.1) is 37.9 Å². The molecule has 2 rings (SSSR count). The van der Waals surface area contributed by atoms with Crippen LogP contribution < -0.4 is 10.1 Å². The van der Waals surface area contributed by atoms with Crippen molar-refractivity contribution >= 4 is 11.9 Å². The van der Waals surface area contributed by atoms with Gasteiger partial charge in [-0.15, -0.1) is 0 Å². The summed E-state index contributed by atoms with van der Waals surface area (Å²) in [6, 6.07) is 6.72. The number of esters is 1. The first kappa shape index (κ1) is 18.5. The summed E-state index contributed by atoms with van der Waals surface area (Å²) in [6.07, 6.45) is 1.55. The molecular formula is C18H23N3O4. The highest BCUT2D eigenvalue weighted by atomic mass is 16.5. The summed E-state index contributed by atoms with van der Waals surface area (Å²) in [6.45, 7) is 3.85. The van der Waals surface area contributed by atoms with E-state index in [9.17, 15) is 9.59 Å². The Morgan fingerprint density at radius 1 is 1.36 bits per heavy atom. The lowest BCUT2D eigenvalue weighted by atomic mass is 10.0. The summed E-state index contributed by atoms with van der Waals surface area (Å²) in [7, 11) is 3.33. The highest BCUT2D eigenvalue weighted by Crippen LogP contribution is 2.23. The normalized spacial score (nSPS) is 11.7. The molecule has 0 saturated carbocycles. The second-order valence-electron chi connectivity index (χ2n) is 5.58. The molecule has 0 radical (unpaired) electrons. The molecule has 0 bridgehead atoms. The van der Waals surface area contributed by atoms with Gasteiger partial charge in [0.25, 0.3) is 5.91 Å². The molecule has 0 fully saturated rings. The predicted molar refractivity (Wildman–Crippen MR) is 92.4 cm³/mol. The molecule has 2 aromatic rings. The second-order valence-corrected chi connectivity index (χ2v) is 5.58. The third kappa shape index (κ3) is 4.59. The van der Waals surface area contributed by atoms with Gasteiger partial charge in [0.2, 0.25) is 0 Å². The Hall–Kier alpha value is -2.83. The van der Waals surface area contributed by atoms with Crippen LogP contribution in [0.2, 0.25) is 0 Å². The van der Waals surface area contributed by atoms with E-state index in [1.54, 1.807) is 37.9 Å². The minimum absolute atomic E-state index is 0.0338. The molecule has 7 nitrogen and oxygen atoms in total. The Morgan fingerprint density at radius 2 is 2.12 bits per heavy atom.